The summed E-state index contributed by atoms with van der Waals surface area (Å²) in [4.78, 5) is 17.9. The molecular weight excluding hydrogens is 228 g/mol. The Morgan fingerprint density at radius 3 is 2.83 bits per heavy atom. The highest BCUT2D eigenvalue weighted by atomic mass is 16.2. The number of anilines is 1. The molecule has 5 heteroatoms. The van der Waals surface area contributed by atoms with Crippen molar-refractivity contribution in [2.24, 2.45) is 0 Å². The van der Waals surface area contributed by atoms with E-state index in [-0.39, 0.29) is 18.0 Å². The first-order valence-corrected chi connectivity index (χ1v) is 6.05. The predicted octanol–water partition coefficient (Wildman–Crippen LogP) is 1.37. The minimum atomic E-state index is -0.179. The molecule has 0 saturated carbocycles. The SMILES string of the molecule is CC(C)N1CC[C@H](Nc2ccc(C#N)nc2)C1=O. The van der Waals surface area contributed by atoms with Gasteiger partial charge in [-0.2, -0.15) is 5.26 Å². The van der Waals surface area contributed by atoms with Crippen LogP contribution in [0.5, 0.6) is 0 Å². The standard InChI is InChI=1S/C13H16N4O/c1-9(2)17-6-5-12(13(17)18)16-11-4-3-10(7-14)15-8-11/h3-4,8-9,12,16H,5-6H2,1-2H3/t12-/m0/s1. The quantitative estimate of drug-likeness (QED) is 0.872. The van der Waals surface area contributed by atoms with Gasteiger partial charge >= 0.3 is 0 Å². The number of aromatic nitrogens is 1. The average molecular weight is 244 g/mol. The van der Waals surface area contributed by atoms with Gasteiger partial charge in [0.15, 0.2) is 0 Å². The lowest BCUT2D eigenvalue weighted by Gasteiger charge is -2.21. The van der Waals surface area contributed by atoms with Gasteiger partial charge in [-0.15, -0.1) is 0 Å². The van der Waals surface area contributed by atoms with Crippen LogP contribution in [0.2, 0.25) is 0 Å². The third kappa shape index (κ3) is 2.43. The molecule has 94 valence electrons. The van der Waals surface area contributed by atoms with E-state index in [9.17, 15) is 4.79 Å². The zero-order valence-electron chi connectivity index (χ0n) is 10.6. The second-order valence-corrected chi connectivity index (χ2v) is 4.65. The smallest absolute Gasteiger partial charge is 0.245 e. The summed E-state index contributed by atoms with van der Waals surface area (Å²) < 4.78 is 0. The second kappa shape index (κ2) is 5.05. The maximum Gasteiger partial charge on any atom is 0.245 e. The molecule has 2 rings (SSSR count). The normalized spacial score (nSPS) is 19.1. The maximum atomic E-state index is 12.1. The van der Waals surface area contributed by atoms with Gasteiger partial charge in [-0.3, -0.25) is 4.79 Å². The summed E-state index contributed by atoms with van der Waals surface area (Å²) in [5, 5.41) is 11.8. The minimum Gasteiger partial charge on any atom is -0.372 e. The van der Waals surface area contributed by atoms with E-state index >= 15 is 0 Å². The Labute approximate surface area is 106 Å². The number of nitrogens with one attached hydrogen (secondary N) is 1. The van der Waals surface area contributed by atoms with Gasteiger partial charge in [0, 0.05) is 12.6 Å². The van der Waals surface area contributed by atoms with Gasteiger partial charge < -0.3 is 10.2 Å². The maximum absolute atomic E-state index is 12.1. The fraction of sp³-hybridized carbons (Fsp3) is 0.462. The fourth-order valence-corrected chi connectivity index (χ4v) is 2.10. The van der Waals surface area contributed by atoms with Crippen LogP contribution in [0.15, 0.2) is 18.3 Å². The zero-order valence-corrected chi connectivity index (χ0v) is 10.6. The number of carbonyl (C=O) groups is 1. The Bertz CT molecular complexity index is 475. The Kier molecular flexibility index (Phi) is 3.47. The Hall–Kier alpha value is -2.09. The minimum absolute atomic E-state index is 0.134. The van der Waals surface area contributed by atoms with E-state index in [0.29, 0.717) is 5.69 Å². The molecule has 1 aromatic rings. The summed E-state index contributed by atoms with van der Waals surface area (Å²) in [6.07, 6.45) is 2.39. The summed E-state index contributed by atoms with van der Waals surface area (Å²) in [5.74, 6) is 0.134. The molecule has 1 aliphatic heterocycles. The van der Waals surface area contributed by atoms with Gasteiger partial charge in [-0.25, -0.2) is 4.98 Å². The van der Waals surface area contributed by atoms with E-state index in [1.165, 1.54) is 0 Å². The monoisotopic (exact) mass is 244 g/mol. The number of hydrogen-bond donors (Lipinski definition) is 1. The summed E-state index contributed by atoms with van der Waals surface area (Å²) in [6, 6.07) is 5.44. The third-order valence-corrected chi connectivity index (χ3v) is 3.08. The number of carbonyl (C=O) groups excluding carboxylic acids is 1. The van der Waals surface area contributed by atoms with Crippen molar-refractivity contribution in [1.29, 1.82) is 5.26 Å². The van der Waals surface area contributed by atoms with Gasteiger partial charge in [0.05, 0.1) is 11.9 Å². The predicted molar refractivity (Wildman–Crippen MR) is 67.8 cm³/mol. The Balaban J connectivity index is 2.02. The first-order chi connectivity index (χ1) is 8.61. The van der Waals surface area contributed by atoms with Crippen LogP contribution in [0.4, 0.5) is 5.69 Å². The van der Waals surface area contributed by atoms with Crippen molar-refractivity contribution in [2.45, 2.75) is 32.4 Å². The summed E-state index contributed by atoms with van der Waals surface area (Å²) in [6.45, 7) is 4.82. The lowest BCUT2D eigenvalue weighted by Crippen LogP contribution is -2.37. The van der Waals surface area contributed by atoms with E-state index < -0.39 is 0 Å². The number of amides is 1. The average Bonchev–Trinajstić information content (AvgIpc) is 2.72. The van der Waals surface area contributed by atoms with Crippen LogP contribution in [-0.2, 0) is 4.79 Å². The van der Waals surface area contributed by atoms with Crippen LogP contribution >= 0.6 is 0 Å². The van der Waals surface area contributed by atoms with Crippen molar-refractivity contribution < 1.29 is 4.79 Å². The van der Waals surface area contributed by atoms with E-state index in [4.69, 9.17) is 5.26 Å². The molecule has 0 aliphatic carbocycles. The highest BCUT2D eigenvalue weighted by Crippen LogP contribution is 2.18. The van der Waals surface area contributed by atoms with Gasteiger partial charge in [-0.1, -0.05) is 0 Å². The number of nitrogens with zero attached hydrogens (tertiary/aromatic N) is 3. The van der Waals surface area contributed by atoms with Gasteiger partial charge in [-0.05, 0) is 32.4 Å². The van der Waals surface area contributed by atoms with E-state index in [2.05, 4.69) is 10.3 Å². The number of hydrogen-bond acceptors (Lipinski definition) is 4. The number of likely N-dealkylation sites (tertiary alicyclic amines) is 1. The van der Waals surface area contributed by atoms with Crippen LogP contribution in [0.1, 0.15) is 26.0 Å². The molecule has 2 heterocycles. The van der Waals surface area contributed by atoms with Gasteiger partial charge in [0.1, 0.15) is 17.8 Å². The summed E-state index contributed by atoms with van der Waals surface area (Å²) >= 11 is 0. The number of pyridine rings is 1. The molecule has 0 aromatic carbocycles. The Morgan fingerprint density at radius 1 is 1.56 bits per heavy atom. The second-order valence-electron chi connectivity index (χ2n) is 4.65. The molecule has 0 bridgehead atoms. The topological polar surface area (TPSA) is 69.0 Å². The summed E-state index contributed by atoms with van der Waals surface area (Å²) in [5.41, 5.74) is 1.15. The van der Waals surface area contributed by atoms with Crippen LogP contribution in [0, 0.1) is 11.3 Å². The fourth-order valence-electron chi connectivity index (χ4n) is 2.10. The molecule has 1 aromatic heterocycles. The molecule has 1 fully saturated rings. The van der Waals surface area contributed by atoms with Crippen LogP contribution in [0.3, 0.4) is 0 Å². The van der Waals surface area contributed by atoms with Crippen molar-refractivity contribution in [3.05, 3.63) is 24.0 Å². The van der Waals surface area contributed by atoms with Crippen molar-refractivity contribution >= 4 is 11.6 Å². The van der Waals surface area contributed by atoms with Crippen LogP contribution < -0.4 is 5.32 Å². The lowest BCUT2D eigenvalue weighted by molar-refractivity contribution is -0.129. The molecule has 0 radical (unpaired) electrons. The molecule has 0 unspecified atom stereocenters. The van der Waals surface area contributed by atoms with E-state index in [0.717, 1.165) is 18.7 Å². The molecule has 5 nitrogen and oxygen atoms in total. The van der Waals surface area contributed by atoms with Crippen LogP contribution in [-0.4, -0.2) is 34.4 Å². The molecule has 1 amide bonds. The van der Waals surface area contributed by atoms with Gasteiger partial charge in [0.2, 0.25) is 5.91 Å². The summed E-state index contributed by atoms with van der Waals surface area (Å²) in [7, 11) is 0. The molecular formula is C13H16N4O. The zero-order chi connectivity index (χ0) is 13.1. The lowest BCUT2D eigenvalue weighted by atomic mass is 10.2. The largest absolute Gasteiger partial charge is 0.372 e. The van der Waals surface area contributed by atoms with E-state index in [1.807, 2.05) is 24.8 Å². The molecule has 1 aliphatic rings. The molecule has 18 heavy (non-hydrogen) atoms. The van der Waals surface area contributed by atoms with Crippen molar-refractivity contribution in [1.82, 2.24) is 9.88 Å². The number of nitriles is 1. The highest BCUT2D eigenvalue weighted by molar-refractivity contribution is 5.86. The first kappa shape index (κ1) is 12.4. The van der Waals surface area contributed by atoms with Crippen molar-refractivity contribution in [3.63, 3.8) is 0 Å². The Morgan fingerprint density at radius 2 is 2.33 bits per heavy atom. The molecule has 1 atom stereocenters. The van der Waals surface area contributed by atoms with Crippen molar-refractivity contribution in [3.8, 4) is 6.07 Å². The van der Waals surface area contributed by atoms with Crippen LogP contribution in [0.25, 0.3) is 0 Å². The third-order valence-electron chi connectivity index (χ3n) is 3.08. The molecule has 1 N–H and O–H groups in total. The molecule has 1 saturated heterocycles. The highest BCUT2D eigenvalue weighted by Gasteiger charge is 2.32. The first-order valence-electron chi connectivity index (χ1n) is 6.05. The van der Waals surface area contributed by atoms with E-state index in [1.54, 1.807) is 18.3 Å². The van der Waals surface area contributed by atoms with Gasteiger partial charge in [0.25, 0.3) is 0 Å². The van der Waals surface area contributed by atoms with Crippen molar-refractivity contribution in [2.75, 3.05) is 11.9 Å². The molecule has 0 spiro atoms. The number of rotatable bonds is 3.